The normalized spacial score (nSPS) is 28.1. The number of hydrogen-bond donors (Lipinski definition) is 0. The van der Waals surface area contributed by atoms with Gasteiger partial charge in [-0.1, -0.05) is 34.1 Å². The maximum absolute atomic E-state index is 12.2. The highest BCUT2D eigenvalue weighted by Crippen LogP contribution is 2.28. The fourth-order valence-corrected chi connectivity index (χ4v) is 3.07. The van der Waals surface area contributed by atoms with E-state index in [2.05, 4.69) is 15.9 Å². The van der Waals surface area contributed by atoms with Gasteiger partial charge in [-0.15, -0.1) is 0 Å². The largest absolute Gasteiger partial charge is 0.453 e. The van der Waals surface area contributed by atoms with E-state index in [0.717, 1.165) is 6.29 Å². The summed E-state index contributed by atoms with van der Waals surface area (Å²) in [5.41, 5.74) is 0.487. The van der Waals surface area contributed by atoms with Crippen LogP contribution >= 0.6 is 15.9 Å². The minimum Gasteiger partial charge on any atom is -0.453 e. The van der Waals surface area contributed by atoms with Crippen molar-refractivity contribution in [3.05, 3.63) is 35.9 Å². The smallest absolute Gasteiger partial charge is 0.338 e. The topological polar surface area (TPSA) is 61.8 Å². The molecule has 22 heavy (non-hydrogen) atoms. The molecular weight excluding hydrogens is 352 g/mol. The van der Waals surface area contributed by atoms with Gasteiger partial charge in [-0.25, -0.2) is 4.79 Å². The van der Waals surface area contributed by atoms with Crippen molar-refractivity contribution in [3.63, 3.8) is 0 Å². The number of ether oxygens (including phenoxy) is 3. The van der Waals surface area contributed by atoms with Crippen LogP contribution in [0.25, 0.3) is 0 Å². The maximum atomic E-state index is 12.2. The maximum Gasteiger partial charge on any atom is 0.338 e. The van der Waals surface area contributed by atoms with Crippen molar-refractivity contribution < 1.29 is 23.8 Å². The summed E-state index contributed by atoms with van der Waals surface area (Å²) in [6.45, 7) is 0. The Morgan fingerprint density at radius 1 is 1.41 bits per heavy atom. The average molecular weight is 371 g/mol. The van der Waals surface area contributed by atoms with Gasteiger partial charge in [-0.2, -0.15) is 0 Å². The first-order valence-electron chi connectivity index (χ1n) is 7.13. The number of alkyl halides is 1. The van der Waals surface area contributed by atoms with Crippen LogP contribution in [0.4, 0.5) is 0 Å². The quantitative estimate of drug-likeness (QED) is 0.437. The highest BCUT2D eigenvalue weighted by atomic mass is 79.9. The van der Waals surface area contributed by atoms with E-state index in [0.29, 0.717) is 23.7 Å². The lowest BCUT2D eigenvalue weighted by Crippen LogP contribution is -2.52. The molecule has 0 N–H and O–H groups in total. The Kier molecular flexibility index (Phi) is 6.54. The van der Waals surface area contributed by atoms with Gasteiger partial charge in [0.25, 0.3) is 0 Å². The van der Waals surface area contributed by atoms with Crippen molar-refractivity contribution in [2.24, 2.45) is 0 Å². The van der Waals surface area contributed by atoms with Crippen LogP contribution in [0.1, 0.15) is 23.2 Å². The highest BCUT2D eigenvalue weighted by molar-refractivity contribution is 9.09. The first-order chi connectivity index (χ1) is 10.7. The van der Waals surface area contributed by atoms with Gasteiger partial charge >= 0.3 is 5.97 Å². The Morgan fingerprint density at radius 2 is 2.14 bits per heavy atom. The number of esters is 1. The summed E-state index contributed by atoms with van der Waals surface area (Å²) < 4.78 is 16.9. The Bertz CT molecular complexity index is 479. The Balaban J connectivity index is 2.09. The summed E-state index contributed by atoms with van der Waals surface area (Å²) in [6, 6.07) is 8.80. The molecule has 6 heteroatoms. The third-order valence-corrected chi connectivity index (χ3v) is 4.30. The van der Waals surface area contributed by atoms with Crippen LogP contribution in [0.2, 0.25) is 0 Å². The number of methoxy groups -OCH3 is 1. The molecule has 1 fully saturated rings. The van der Waals surface area contributed by atoms with E-state index in [1.165, 1.54) is 0 Å². The number of benzene rings is 1. The number of carbonyl (C=O) groups is 2. The van der Waals surface area contributed by atoms with Gasteiger partial charge in [-0.3, -0.25) is 0 Å². The molecule has 0 radical (unpaired) electrons. The third-order valence-electron chi connectivity index (χ3n) is 3.66. The SMILES string of the molecule is CO[C@@H]1C[C@@H](CC=O)O[C@H](CBr)[C@H]1OC(=O)c1ccccc1. The molecule has 0 aliphatic carbocycles. The van der Waals surface area contributed by atoms with E-state index < -0.39 is 12.1 Å². The summed E-state index contributed by atoms with van der Waals surface area (Å²) in [7, 11) is 1.57. The Labute approximate surface area is 138 Å². The zero-order chi connectivity index (χ0) is 15.9. The second-order valence-corrected chi connectivity index (χ2v) is 5.75. The number of halogens is 1. The van der Waals surface area contributed by atoms with Crippen LogP contribution in [-0.2, 0) is 19.0 Å². The second-order valence-electron chi connectivity index (χ2n) is 5.10. The highest BCUT2D eigenvalue weighted by Gasteiger charge is 2.41. The second kappa shape index (κ2) is 8.41. The van der Waals surface area contributed by atoms with Crippen molar-refractivity contribution in [2.45, 2.75) is 37.3 Å². The van der Waals surface area contributed by atoms with E-state index in [9.17, 15) is 9.59 Å². The molecule has 0 spiro atoms. The van der Waals surface area contributed by atoms with Gasteiger partial charge in [0.05, 0.1) is 17.8 Å². The van der Waals surface area contributed by atoms with Crippen LogP contribution in [0, 0.1) is 0 Å². The molecule has 4 atom stereocenters. The number of aldehydes is 1. The fraction of sp³-hybridized carbons (Fsp3) is 0.500. The molecule has 2 rings (SSSR count). The van der Waals surface area contributed by atoms with Crippen LogP contribution in [0.3, 0.4) is 0 Å². The molecule has 1 aromatic rings. The van der Waals surface area contributed by atoms with Crippen molar-refractivity contribution in [2.75, 3.05) is 12.4 Å². The molecule has 1 heterocycles. The summed E-state index contributed by atoms with van der Waals surface area (Å²) in [6.07, 6.45) is 0.287. The van der Waals surface area contributed by atoms with Crippen LogP contribution < -0.4 is 0 Å². The lowest BCUT2D eigenvalue weighted by atomic mass is 9.97. The Morgan fingerprint density at radius 3 is 2.73 bits per heavy atom. The van der Waals surface area contributed by atoms with Gasteiger partial charge in [-0.05, 0) is 12.1 Å². The molecule has 0 aromatic heterocycles. The zero-order valence-corrected chi connectivity index (χ0v) is 13.9. The molecular formula is C16H19BrO5. The van der Waals surface area contributed by atoms with Gasteiger partial charge in [0.2, 0.25) is 0 Å². The van der Waals surface area contributed by atoms with E-state index in [4.69, 9.17) is 14.2 Å². The molecule has 0 unspecified atom stereocenters. The minimum absolute atomic E-state index is 0.211. The Hall–Kier alpha value is -1.24. The standard InChI is InChI=1S/C16H19BrO5/c1-20-13-9-12(7-8-18)21-14(10-17)15(13)22-16(19)11-5-3-2-4-6-11/h2-6,8,12-15H,7,9-10H2,1H3/t12-,13-,14-,15+/m1/s1. The molecule has 1 saturated heterocycles. The predicted octanol–water partition coefficient (Wildman–Crippen LogP) is 2.37. The van der Waals surface area contributed by atoms with E-state index in [1.807, 2.05) is 6.07 Å². The fourth-order valence-electron chi connectivity index (χ4n) is 2.54. The van der Waals surface area contributed by atoms with E-state index in [-0.39, 0.29) is 18.3 Å². The van der Waals surface area contributed by atoms with Gasteiger partial charge in [0.1, 0.15) is 12.4 Å². The lowest BCUT2D eigenvalue weighted by Gasteiger charge is -2.39. The third kappa shape index (κ3) is 4.15. The number of rotatable bonds is 6. The van der Waals surface area contributed by atoms with Gasteiger partial charge in [0, 0.05) is 25.3 Å². The number of hydrogen-bond acceptors (Lipinski definition) is 5. The van der Waals surface area contributed by atoms with Crippen molar-refractivity contribution >= 4 is 28.2 Å². The first-order valence-corrected chi connectivity index (χ1v) is 8.25. The molecule has 120 valence electrons. The minimum atomic E-state index is -0.514. The van der Waals surface area contributed by atoms with Crippen LogP contribution in [-0.4, -0.2) is 49.1 Å². The predicted molar refractivity (Wildman–Crippen MR) is 84.2 cm³/mol. The summed E-state index contributed by atoms with van der Waals surface area (Å²) in [5, 5.41) is 0.495. The molecule has 1 aliphatic heterocycles. The zero-order valence-electron chi connectivity index (χ0n) is 12.3. The summed E-state index contributed by atoms with van der Waals surface area (Å²) in [5.74, 6) is -0.406. The van der Waals surface area contributed by atoms with Crippen molar-refractivity contribution in [1.82, 2.24) is 0 Å². The van der Waals surface area contributed by atoms with Crippen LogP contribution in [0.5, 0.6) is 0 Å². The average Bonchev–Trinajstić information content (AvgIpc) is 2.56. The first kappa shape index (κ1) is 17.1. The number of carbonyl (C=O) groups excluding carboxylic acids is 2. The van der Waals surface area contributed by atoms with Crippen molar-refractivity contribution in [3.8, 4) is 0 Å². The molecule has 1 aliphatic rings. The lowest BCUT2D eigenvalue weighted by molar-refractivity contribution is -0.171. The van der Waals surface area contributed by atoms with Crippen molar-refractivity contribution in [1.29, 1.82) is 0 Å². The molecule has 0 saturated carbocycles. The van der Waals surface area contributed by atoms with E-state index >= 15 is 0 Å². The van der Waals surface area contributed by atoms with Crippen LogP contribution in [0.15, 0.2) is 30.3 Å². The summed E-state index contributed by atoms with van der Waals surface area (Å²) >= 11 is 3.37. The monoisotopic (exact) mass is 370 g/mol. The van der Waals surface area contributed by atoms with Gasteiger partial charge in [0.15, 0.2) is 6.10 Å². The molecule has 0 amide bonds. The van der Waals surface area contributed by atoms with Gasteiger partial charge < -0.3 is 19.0 Å². The molecule has 1 aromatic carbocycles. The summed E-state index contributed by atoms with van der Waals surface area (Å²) in [4.78, 5) is 22.9. The molecule has 5 nitrogen and oxygen atoms in total. The molecule has 0 bridgehead atoms. The van der Waals surface area contributed by atoms with E-state index in [1.54, 1.807) is 31.4 Å².